The Hall–Kier alpha value is -2.62. The van der Waals surface area contributed by atoms with Crippen LogP contribution in [0.5, 0.6) is 5.75 Å². The highest BCUT2D eigenvalue weighted by Crippen LogP contribution is 2.25. The number of aliphatic carboxylic acids is 1. The number of carboxylic acid groups (broad SMARTS) is 1. The normalized spacial score (nSPS) is 11.3. The molecule has 0 aliphatic heterocycles. The smallest absolute Gasteiger partial charge is 0.341 e. The summed E-state index contributed by atoms with van der Waals surface area (Å²) in [5, 5.41) is 12.1. The summed E-state index contributed by atoms with van der Waals surface area (Å²) in [7, 11) is -4.06. The molecule has 0 saturated heterocycles. The lowest BCUT2D eigenvalue weighted by atomic mass is 10.3. The van der Waals surface area contributed by atoms with Crippen LogP contribution in [0.2, 0.25) is 0 Å². The van der Waals surface area contributed by atoms with E-state index in [0.29, 0.717) is 5.69 Å². The van der Waals surface area contributed by atoms with E-state index in [1.807, 2.05) is 0 Å². The first-order valence-electron chi connectivity index (χ1n) is 6.30. The molecule has 8 nitrogen and oxygen atoms in total. The summed E-state index contributed by atoms with van der Waals surface area (Å²) >= 11 is 0. The molecule has 1 heterocycles. The number of halogens is 1. The van der Waals surface area contributed by atoms with Gasteiger partial charge in [-0.15, -0.1) is 0 Å². The van der Waals surface area contributed by atoms with Gasteiger partial charge in [0.1, 0.15) is 11.4 Å². The number of hydrogen-bond acceptors (Lipinski definition) is 6. The van der Waals surface area contributed by atoms with E-state index in [1.165, 1.54) is 6.92 Å². The van der Waals surface area contributed by atoms with Crippen molar-refractivity contribution in [3.8, 4) is 5.75 Å². The highest BCUT2D eigenvalue weighted by Gasteiger charge is 2.21. The number of nitrogens with one attached hydrogen (secondary N) is 1. The number of carboxylic acids is 1. The average Bonchev–Trinajstić information content (AvgIpc) is 2.77. The van der Waals surface area contributed by atoms with Crippen molar-refractivity contribution in [1.82, 2.24) is 5.16 Å². The molecule has 124 valence electrons. The average molecular weight is 344 g/mol. The molecule has 0 aliphatic carbocycles. The Morgan fingerprint density at radius 1 is 1.43 bits per heavy atom. The van der Waals surface area contributed by atoms with Gasteiger partial charge in [0.2, 0.25) is 0 Å². The highest BCUT2D eigenvalue weighted by molar-refractivity contribution is 7.92. The lowest BCUT2D eigenvalue weighted by molar-refractivity contribution is -0.139. The van der Waals surface area contributed by atoms with Gasteiger partial charge in [0.25, 0.3) is 10.0 Å². The van der Waals surface area contributed by atoms with Crippen LogP contribution in [0.1, 0.15) is 11.5 Å². The number of hydrogen-bond donors (Lipinski definition) is 2. The maximum Gasteiger partial charge on any atom is 0.341 e. The monoisotopic (exact) mass is 344 g/mol. The molecule has 2 rings (SSSR count). The summed E-state index contributed by atoms with van der Waals surface area (Å²) < 4.78 is 50.1. The molecule has 0 atom stereocenters. The molecule has 0 saturated carbocycles. The van der Waals surface area contributed by atoms with Crippen LogP contribution in [0, 0.1) is 19.7 Å². The molecule has 0 fully saturated rings. The van der Waals surface area contributed by atoms with Crippen LogP contribution < -0.4 is 9.46 Å². The van der Waals surface area contributed by atoms with Crippen molar-refractivity contribution in [3.05, 3.63) is 35.5 Å². The zero-order valence-electron chi connectivity index (χ0n) is 12.2. The third-order valence-electron chi connectivity index (χ3n) is 2.83. The molecule has 0 unspecified atom stereocenters. The van der Waals surface area contributed by atoms with Crippen LogP contribution >= 0.6 is 0 Å². The predicted molar refractivity (Wildman–Crippen MR) is 76.3 cm³/mol. The first-order valence-corrected chi connectivity index (χ1v) is 7.79. The van der Waals surface area contributed by atoms with E-state index in [-0.39, 0.29) is 22.1 Å². The van der Waals surface area contributed by atoms with Gasteiger partial charge in [-0.25, -0.2) is 17.6 Å². The molecule has 1 aromatic heterocycles. The summed E-state index contributed by atoms with van der Waals surface area (Å²) in [5.41, 5.74) is 0.518. The number of benzene rings is 1. The number of aryl methyl sites for hydroxylation is 2. The van der Waals surface area contributed by atoms with E-state index in [1.54, 1.807) is 6.92 Å². The van der Waals surface area contributed by atoms with Gasteiger partial charge in [-0.05, 0) is 32.0 Å². The molecule has 10 heteroatoms. The van der Waals surface area contributed by atoms with Crippen LogP contribution in [-0.4, -0.2) is 31.3 Å². The second-order valence-electron chi connectivity index (χ2n) is 4.58. The quantitative estimate of drug-likeness (QED) is 0.818. The van der Waals surface area contributed by atoms with E-state index in [9.17, 15) is 17.6 Å². The van der Waals surface area contributed by atoms with Gasteiger partial charge >= 0.3 is 5.97 Å². The molecular formula is C13H13FN2O6S. The topological polar surface area (TPSA) is 119 Å². The summed E-state index contributed by atoms with van der Waals surface area (Å²) in [6, 6.07) is 2.87. The second kappa shape index (κ2) is 6.24. The van der Waals surface area contributed by atoms with Gasteiger partial charge in [-0.1, -0.05) is 5.16 Å². The van der Waals surface area contributed by atoms with E-state index >= 15 is 0 Å². The van der Waals surface area contributed by atoms with Gasteiger partial charge in [-0.2, -0.15) is 0 Å². The van der Waals surface area contributed by atoms with Gasteiger partial charge in [-0.3, -0.25) is 4.72 Å². The number of nitrogens with zero attached hydrogens (tertiary/aromatic N) is 1. The van der Waals surface area contributed by atoms with E-state index < -0.39 is 28.4 Å². The lowest BCUT2D eigenvalue weighted by Gasteiger charge is -2.09. The number of rotatable bonds is 6. The lowest BCUT2D eigenvalue weighted by Crippen LogP contribution is -2.15. The molecule has 0 aliphatic rings. The maximum absolute atomic E-state index is 13.8. The molecule has 2 N–H and O–H groups in total. The standard InChI is InChI=1S/C13H13FN2O6S/c1-7-13(8(2)22-15-7)16-23(19,20)9-3-4-11(10(14)5-9)21-6-12(17)18/h3-5,16H,6H2,1-2H3,(H,17,18). The van der Waals surface area contributed by atoms with Crippen molar-refractivity contribution in [2.24, 2.45) is 0 Å². The van der Waals surface area contributed by atoms with E-state index in [2.05, 4.69) is 9.88 Å². The van der Waals surface area contributed by atoms with Crippen molar-refractivity contribution in [2.75, 3.05) is 11.3 Å². The zero-order valence-corrected chi connectivity index (χ0v) is 13.0. The Morgan fingerprint density at radius 3 is 2.65 bits per heavy atom. The maximum atomic E-state index is 13.8. The van der Waals surface area contributed by atoms with Crippen molar-refractivity contribution in [1.29, 1.82) is 0 Å². The third kappa shape index (κ3) is 3.77. The van der Waals surface area contributed by atoms with E-state index in [0.717, 1.165) is 18.2 Å². The Kier molecular flexibility index (Phi) is 4.55. The second-order valence-corrected chi connectivity index (χ2v) is 6.26. The summed E-state index contributed by atoms with van der Waals surface area (Å²) in [4.78, 5) is 10.0. The third-order valence-corrected chi connectivity index (χ3v) is 4.18. The van der Waals surface area contributed by atoms with Crippen LogP contribution in [0.4, 0.5) is 10.1 Å². The molecule has 0 amide bonds. The van der Waals surface area contributed by atoms with Crippen molar-refractivity contribution >= 4 is 21.7 Å². The Balaban J connectivity index is 2.27. The SMILES string of the molecule is Cc1noc(C)c1NS(=O)(=O)c1ccc(OCC(=O)O)c(F)c1. The van der Waals surface area contributed by atoms with Crippen LogP contribution in [-0.2, 0) is 14.8 Å². The number of sulfonamides is 1. The van der Waals surface area contributed by atoms with Gasteiger partial charge in [0, 0.05) is 0 Å². The molecule has 0 bridgehead atoms. The summed E-state index contributed by atoms with van der Waals surface area (Å²) in [6.45, 7) is 2.35. The molecular weight excluding hydrogens is 331 g/mol. The predicted octanol–water partition coefficient (Wildman–Crippen LogP) is 1.69. The Morgan fingerprint density at radius 2 is 2.13 bits per heavy atom. The number of carbonyl (C=O) groups is 1. The van der Waals surface area contributed by atoms with Crippen molar-refractivity contribution in [3.63, 3.8) is 0 Å². The van der Waals surface area contributed by atoms with Crippen molar-refractivity contribution in [2.45, 2.75) is 18.7 Å². The minimum Gasteiger partial charge on any atom is -0.479 e. The first kappa shape index (κ1) is 16.7. The fourth-order valence-corrected chi connectivity index (χ4v) is 2.91. The van der Waals surface area contributed by atoms with Crippen LogP contribution in [0.15, 0.2) is 27.6 Å². The number of anilines is 1. The zero-order chi connectivity index (χ0) is 17.2. The molecule has 2 aromatic rings. The fourth-order valence-electron chi connectivity index (χ4n) is 1.73. The van der Waals surface area contributed by atoms with Crippen molar-refractivity contribution < 1.29 is 32.0 Å². The summed E-state index contributed by atoms with van der Waals surface area (Å²) in [5.74, 6) is -2.36. The fraction of sp³-hybridized carbons (Fsp3) is 0.231. The van der Waals surface area contributed by atoms with Crippen LogP contribution in [0.3, 0.4) is 0 Å². The Bertz CT molecular complexity index is 827. The van der Waals surface area contributed by atoms with Crippen LogP contribution in [0.25, 0.3) is 0 Å². The largest absolute Gasteiger partial charge is 0.479 e. The first-order chi connectivity index (χ1) is 10.7. The number of aromatic nitrogens is 1. The van der Waals surface area contributed by atoms with Gasteiger partial charge < -0.3 is 14.4 Å². The molecule has 0 spiro atoms. The summed E-state index contributed by atoms with van der Waals surface area (Å²) in [6.07, 6.45) is 0. The van der Waals surface area contributed by atoms with Gasteiger partial charge in [0.05, 0.1) is 4.90 Å². The van der Waals surface area contributed by atoms with E-state index in [4.69, 9.17) is 14.4 Å². The molecule has 23 heavy (non-hydrogen) atoms. The highest BCUT2D eigenvalue weighted by atomic mass is 32.2. The number of ether oxygens (including phenoxy) is 1. The minimum absolute atomic E-state index is 0.177. The molecule has 1 aromatic carbocycles. The molecule has 0 radical (unpaired) electrons. The minimum atomic E-state index is -4.06. The Labute approximate surface area is 130 Å². The van der Waals surface area contributed by atoms with Gasteiger partial charge in [0.15, 0.2) is 23.9 Å².